The first-order valence-electron chi connectivity index (χ1n) is 16.7. The summed E-state index contributed by atoms with van der Waals surface area (Å²) in [6.07, 6.45) is 4.28. The van der Waals surface area contributed by atoms with Crippen LogP contribution in [-0.2, 0) is 16.0 Å². The first-order chi connectivity index (χ1) is 21.5. The van der Waals surface area contributed by atoms with Crippen LogP contribution in [0, 0.1) is 19.8 Å². The maximum atomic E-state index is 12.5. The average molecular weight is 620 g/mol. The highest BCUT2D eigenvalue weighted by atomic mass is 16.2. The lowest BCUT2D eigenvalue weighted by Crippen LogP contribution is -2.51. The van der Waals surface area contributed by atoms with Crippen molar-refractivity contribution in [2.24, 2.45) is 5.92 Å². The molecule has 1 unspecified atom stereocenters. The Morgan fingerprint density at radius 3 is 1.87 bits per heavy atom. The molecule has 0 aliphatic carbocycles. The predicted octanol–water partition coefficient (Wildman–Crippen LogP) is 7.18. The van der Waals surface area contributed by atoms with Gasteiger partial charge in [-0.25, -0.2) is 0 Å². The summed E-state index contributed by atoms with van der Waals surface area (Å²) in [6.45, 7) is 22.8. The number of likely N-dealkylation sites (tertiary alicyclic amines) is 1. The Hall–Kier alpha value is -3.06. The van der Waals surface area contributed by atoms with E-state index >= 15 is 0 Å². The number of carbonyl (C=O) groups is 2. The van der Waals surface area contributed by atoms with Crippen LogP contribution < -0.4 is 0 Å². The number of carbonyl (C=O) groups excluding carboxylic acids is 2. The van der Waals surface area contributed by atoms with E-state index in [1.165, 1.54) is 33.9 Å². The highest BCUT2D eigenvalue weighted by Crippen LogP contribution is 2.26. The number of benzene rings is 3. The molecular formula is C39H61N3O3. The van der Waals surface area contributed by atoms with Crippen LogP contribution in [0.1, 0.15) is 71.1 Å². The Morgan fingerprint density at radius 2 is 1.40 bits per heavy atom. The summed E-state index contributed by atoms with van der Waals surface area (Å²) in [6, 6.07) is 23.6. The fourth-order valence-corrected chi connectivity index (χ4v) is 5.35. The number of aldehydes is 1. The number of nitrogens with zero attached hydrogens (tertiary/aromatic N) is 3. The molecule has 2 heterocycles. The van der Waals surface area contributed by atoms with E-state index in [4.69, 9.17) is 5.11 Å². The molecule has 45 heavy (non-hydrogen) atoms. The molecule has 2 fully saturated rings. The number of amides is 1. The van der Waals surface area contributed by atoms with Crippen LogP contribution in [0.4, 0.5) is 0 Å². The van der Waals surface area contributed by atoms with Crippen molar-refractivity contribution in [1.29, 1.82) is 0 Å². The molecule has 250 valence electrons. The fourth-order valence-electron chi connectivity index (χ4n) is 5.35. The van der Waals surface area contributed by atoms with E-state index in [9.17, 15) is 9.59 Å². The maximum absolute atomic E-state index is 12.5. The molecule has 0 saturated carbocycles. The highest BCUT2D eigenvalue weighted by molar-refractivity contribution is 5.83. The van der Waals surface area contributed by atoms with E-state index < -0.39 is 0 Å². The van der Waals surface area contributed by atoms with Crippen LogP contribution in [0.2, 0.25) is 0 Å². The quantitative estimate of drug-likeness (QED) is 0.314. The molecule has 2 aliphatic heterocycles. The second-order valence-electron chi connectivity index (χ2n) is 12.8. The Labute approximate surface area is 274 Å². The molecule has 1 amide bonds. The van der Waals surface area contributed by atoms with E-state index in [-0.39, 0.29) is 11.5 Å². The maximum Gasteiger partial charge on any atom is 0.227 e. The number of fused-ring (bicyclic) bond motifs is 1. The summed E-state index contributed by atoms with van der Waals surface area (Å²) in [5.41, 5.74) is 4.24. The van der Waals surface area contributed by atoms with Crippen LogP contribution in [0.15, 0.2) is 66.7 Å². The van der Waals surface area contributed by atoms with Gasteiger partial charge in [0.05, 0.1) is 12.5 Å². The number of hydrogen-bond donors (Lipinski definition) is 1. The minimum atomic E-state index is 0.150. The third-order valence-electron chi connectivity index (χ3n) is 7.90. The zero-order valence-corrected chi connectivity index (χ0v) is 29.7. The third-order valence-corrected chi connectivity index (χ3v) is 7.90. The van der Waals surface area contributed by atoms with E-state index in [0.717, 1.165) is 65.5 Å². The molecule has 2 aliphatic rings. The molecule has 3 aromatic rings. The highest BCUT2D eigenvalue weighted by Gasteiger charge is 2.36. The summed E-state index contributed by atoms with van der Waals surface area (Å²) >= 11 is 0. The minimum absolute atomic E-state index is 0.150. The summed E-state index contributed by atoms with van der Waals surface area (Å²) in [5, 5.41) is 9.67. The van der Waals surface area contributed by atoms with E-state index in [1.807, 2.05) is 4.90 Å². The van der Waals surface area contributed by atoms with Crippen LogP contribution in [-0.4, -0.2) is 90.5 Å². The van der Waals surface area contributed by atoms with Crippen molar-refractivity contribution < 1.29 is 14.7 Å². The molecule has 0 aromatic heterocycles. The van der Waals surface area contributed by atoms with Gasteiger partial charge < -0.3 is 14.8 Å². The smallest absolute Gasteiger partial charge is 0.227 e. The van der Waals surface area contributed by atoms with Crippen molar-refractivity contribution in [1.82, 2.24) is 14.7 Å². The normalized spacial score (nSPS) is 16.5. The Kier molecular flexibility index (Phi) is 19.2. The van der Waals surface area contributed by atoms with E-state index in [1.54, 1.807) is 0 Å². The number of piperazine rings is 1. The molecule has 6 nitrogen and oxygen atoms in total. The zero-order valence-electron chi connectivity index (χ0n) is 29.7. The molecule has 5 rings (SSSR count). The summed E-state index contributed by atoms with van der Waals surface area (Å²) in [7, 11) is 1.00. The van der Waals surface area contributed by atoms with Gasteiger partial charge in [0.2, 0.25) is 5.91 Å². The van der Waals surface area contributed by atoms with Gasteiger partial charge in [0.1, 0.15) is 6.29 Å². The SMILES string of the molecule is CC(C)(C)N1CCC(C(=O)N2CCN(CC=O)CC2)C1.CCC.CCc1ccc2ccccc2c1.CO.Cc1cccc(C)c1. The van der Waals surface area contributed by atoms with Crippen molar-refractivity contribution in [2.45, 2.75) is 80.2 Å². The molecule has 1 N–H and O–H groups in total. The molecule has 1 atom stereocenters. The van der Waals surface area contributed by atoms with Crippen molar-refractivity contribution in [3.05, 3.63) is 83.4 Å². The van der Waals surface area contributed by atoms with E-state index in [0.29, 0.717) is 12.5 Å². The minimum Gasteiger partial charge on any atom is -0.400 e. The Bertz CT molecular complexity index is 1230. The van der Waals surface area contributed by atoms with Gasteiger partial charge in [0, 0.05) is 45.4 Å². The van der Waals surface area contributed by atoms with Gasteiger partial charge in [-0.2, -0.15) is 0 Å². The zero-order chi connectivity index (χ0) is 33.8. The first-order valence-corrected chi connectivity index (χ1v) is 16.7. The molecule has 2 saturated heterocycles. The third kappa shape index (κ3) is 14.7. The molecule has 3 aromatic carbocycles. The van der Waals surface area contributed by atoms with Gasteiger partial charge >= 0.3 is 0 Å². The van der Waals surface area contributed by atoms with Crippen LogP contribution in [0.5, 0.6) is 0 Å². The Balaban J connectivity index is 0.000000342. The van der Waals surface area contributed by atoms with Gasteiger partial charge in [0.25, 0.3) is 0 Å². The monoisotopic (exact) mass is 619 g/mol. The second-order valence-corrected chi connectivity index (χ2v) is 12.8. The standard InChI is InChI=1S/C15H27N3O2.C12H12.C8H10.C3H8.CH4O/c1-15(2,3)18-5-4-13(12-18)14(20)17-8-6-16(7-9-17)10-11-19;1-2-10-7-8-11-5-3-4-6-12(11)9-10;1-7-4-3-5-8(2)6-7;1-3-2;1-2/h11,13H,4-10,12H2,1-3H3;3-9H,2H2,1H3;3-6H,1-2H3;3H2,1-2H3;2H,1H3. The molecule has 0 bridgehead atoms. The number of aliphatic hydroxyl groups excluding tert-OH is 1. The van der Waals surface area contributed by atoms with Gasteiger partial charge in [0.15, 0.2) is 0 Å². The average Bonchev–Trinajstić information content (AvgIpc) is 3.55. The van der Waals surface area contributed by atoms with Gasteiger partial charge in [-0.1, -0.05) is 105 Å². The van der Waals surface area contributed by atoms with Gasteiger partial charge in [-0.3, -0.25) is 14.6 Å². The predicted molar refractivity (Wildman–Crippen MR) is 192 cm³/mol. The van der Waals surface area contributed by atoms with Gasteiger partial charge in [-0.05, 0) is 70.3 Å². The number of rotatable bonds is 4. The van der Waals surface area contributed by atoms with Gasteiger partial charge in [-0.15, -0.1) is 0 Å². The van der Waals surface area contributed by atoms with Crippen molar-refractivity contribution in [3.63, 3.8) is 0 Å². The van der Waals surface area contributed by atoms with Crippen LogP contribution in [0.3, 0.4) is 0 Å². The summed E-state index contributed by atoms with van der Waals surface area (Å²) in [5.74, 6) is 0.467. The fraction of sp³-hybridized carbons (Fsp3) is 0.538. The van der Waals surface area contributed by atoms with Crippen LogP contribution in [0.25, 0.3) is 10.8 Å². The number of hydrogen-bond acceptors (Lipinski definition) is 5. The number of aliphatic hydroxyl groups is 1. The van der Waals surface area contributed by atoms with Crippen molar-refractivity contribution >= 4 is 23.0 Å². The van der Waals surface area contributed by atoms with Crippen molar-refractivity contribution in [2.75, 3.05) is 52.9 Å². The lowest BCUT2D eigenvalue weighted by molar-refractivity contribution is -0.137. The summed E-state index contributed by atoms with van der Waals surface area (Å²) in [4.78, 5) is 29.5. The largest absolute Gasteiger partial charge is 0.400 e. The second kappa shape index (κ2) is 21.6. The molecular weight excluding hydrogens is 558 g/mol. The lowest BCUT2D eigenvalue weighted by Gasteiger charge is -2.35. The number of aryl methyl sites for hydroxylation is 3. The molecule has 0 spiro atoms. The molecule has 0 radical (unpaired) electrons. The Morgan fingerprint density at radius 1 is 0.822 bits per heavy atom. The first kappa shape index (κ1) is 40.0. The van der Waals surface area contributed by atoms with Crippen molar-refractivity contribution in [3.8, 4) is 0 Å². The lowest BCUT2D eigenvalue weighted by atomic mass is 10.1. The molecule has 6 heteroatoms. The van der Waals surface area contributed by atoms with E-state index in [2.05, 4.69) is 132 Å². The van der Waals surface area contributed by atoms with Crippen LogP contribution >= 0.6 is 0 Å². The topological polar surface area (TPSA) is 64.1 Å². The summed E-state index contributed by atoms with van der Waals surface area (Å²) < 4.78 is 0.